The minimum atomic E-state index is -0.715. The molecule has 2 aliphatic heterocycles. The van der Waals surface area contributed by atoms with Crippen molar-refractivity contribution in [1.29, 1.82) is 0 Å². The Balaban J connectivity index is 1.30. The Morgan fingerprint density at radius 3 is 2.39 bits per heavy atom. The van der Waals surface area contributed by atoms with E-state index in [-0.39, 0.29) is 17.6 Å². The van der Waals surface area contributed by atoms with E-state index >= 15 is 0 Å². The molecule has 5 nitrogen and oxygen atoms in total. The van der Waals surface area contributed by atoms with Gasteiger partial charge in [0.1, 0.15) is 5.82 Å². The van der Waals surface area contributed by atoms with Gasteiger partial charge in [-0.3, -0.25) is 4.79 Å². The van der Waals surface area contributed by atoms with Crippen molar-refractivity contribution in [2.75, 3.05) is 49.6 Å². The summed E-state index contributed by atoms with van der Waals surface area (Å²) in [4.78, 5) is 19.8. The fourth-order valence-electron chi connectivity index (χ4n) is 5.72. The van der Waals surface area contributed by atoms with Crippen LogP contribution in [0.1, 0.15) is 43.2 Å². The van der Waals surface area contributed by atoms with Crippen molar-refractivity contribution in [1.82, 2.24) is 4.90 Å². The molecule has 176 valence electrons. The Labute approximate surface area is 195 Å². The molecule has 2 aromatic carbocycles. The SMILES string of the molecule is CN1CCN(c2ccc(F)cc2C[C@H]2CCN(c3ccc(C4(O)CCCC4)cc3)C2=O)CC1. The molecule has 6 heteroatoms. The smallest absolute Gasteiger partial charge is 0.230 e. The fraction of sp³-hybridized carbons (Fsp3) is 0.519. The molecule has 0 bridgehead atoms. The number of aliphatic hydroxyl groups is 1. The summed E-state index contributed by atoms with van der Waals surface area (Å²) >= 11 is 0. The molecular weight excluding hydrogens is 417 g/mol. The molecule has 1 atom stereocenters. The molecule has 0 spiro atoms. The molecule has 33 heavy (non-hydrogen) atoms. The third-order valence-corrected chi connectivity index (χ3v) is 7.82. The zero-order valence-corrected chi connectivity index (χ0v) is 19.5. The van der Waals surface area contributed by atoms with Gasteiger partial charge in [0.25, 0.3) is 0 Å². The molecule has 3 fully saturated rings. The van der Waals surface area contributed by atoms with Gasteiger partial charge in [-0.2, -0.15) is 0 Å². The summed E-state index contributed by atoms with van der Waals surface area (Å²) in [7, 11) is 2.12. The highest BCUT2D eigenvalue weighted by atomic mass is 19.1. The van der Waals surface area contributed by atoms with Crippen LogP contribution in [0.25, 0.3) is 0 Å². The van der Waals surface area contributed by atoms with E-state index in [1.807, 2.05) is 35.2 Å². The van der Waals surface area contributed by atoms with Crippen molar-refractivity contribution in [2.45, 2.75) is 44.1 Å². The van der Waals surface area contributed by atoms with Gasteiger partial charge >= 0.3 is 0 Å². The maximum Gasteiger partial charge on any atom is 0.230 e. The van der Waals surface area contributed by atoms with Gasteiger partial charge in [-0.1, -0.05) is 25.0 Å². The van der Waals surface area contributed by atoms with Gasteiger partial charge in [0.05, 0.1) is 5.60 Å². The van der Waals surface area contributed by atoms with Crippen LogP contribution in [0.4, 0.5) is 15.8 Å². The van der Waals surface area contributed by atoms with Crippen LogP contribution in [0.15, 0.2) is 42.5 Å². The van der Waals surface area contributed by atoms with Gasteiger partial charge < -0.3 is 19.8 Å². The van der Waals surface area contributed by atoms with E-state index in [4.69, 9.17) is 0 Å². The normalized spacial score (nSPS) is 23.5. The van der Waals surface area contributed by atoms with Crippen LogP contribution in [0.3, 0.4) is 0 Å². The van der Waals surface area contributed by atoms with Crippen molar-refractivity contribution >= 4 is 17.3 Å². The minimum Gasteiger partial charge on any atom is -0.385 e. The number of rotatable bonds is 5. The zero-order valence-electron chi connectivity index (χ0n) is 19.5. The number of carbonyl (C=O) groups is 1. The number of likely N-dealkylation sites (N-methyl/N-ethyl adjacent to an activating group) is 1. The quantitative estimate of drug-likeness (QED) is 0.748. The molecule has 3 aliphatic rings. The fourth-order valence-corrected chi connectivity index (χ4v) is 5.72. The van der Waals surface area contributed by atoms with E-state index in [0.29, 0.717) is 13.0 Å². The lowest BCUT2D eigenvalue weighted by Gasteiger charge is -2.35. The van der Waals surface area contributed by atoms with Gasteiger partial charge in [-0.25, -0.2) is 4.39 Å². The first-order valence-corrected chi connectivity index (χ1v) is 12.3. The Morgan fingerprint density at radius 1 is 1.00 bits per heavy atom. The molecule has 1 aliphatic carbocycles. The number of hydrogen-bond acceptors (Lipinski definition) is 4. The number of benzene rings is 2. The maximum absolute atomic E-state index is 14.1. The summed E-state index contributed by atoms with van der Waals surface area (Å²) in [5.41, 5.74) is 3.10. The second-order valence-electron chi connectivity index (χ2n) is 10.0. The van der Waals surface area contributed by atoms with Gasteiger partial charge in [0.15, 0.2) is 0 Å². The first-order chi connectivity index (χ1) is 15.9. The van der Waals surface area contributed by atoms with Gasteiger partial charge in [0.2, 0.25) is 5.91 Å². The zero-order chi connectivity index (χ0) is 23.0. The van der Waals surface area contributed by atoms with E-state index in [1.54, 1.807) is 6.07 Å². The predicted molar refractivity (Wildman–Crippen MR) is 129 cm³/mol. The molecule has 1 N–H and O–H groups in total. The van der Waals surface area contributed by atoms with E-state index in [9.17, 15) is 14.3 Å². The van der Waals surface area contributed by atoms with Crippen LogP contribution in [0.5, 0.6) is 0 Å². The van der Waals surface area contributed by atoms with E-state index in [0.717, 1.165) is 80.8 Å². The maximum atomic E-state index is 14.1. The number of amides is 1. The van der Waals surface area contributed by atoms with Gasteiger partial charge in [-0.05, 0) is 74.2 Å². The average Bonchev–Trinajstić information content (AvgIpc) is 3.42. The Bertz CT molecular complexity index is 995. The second-order valence-corrected chi connectivity index (χ2v) is 10.0. The van der Waals surface area contributed by atoms with Gasteiger partial charge in [-0.15, -0.1) is 0 Å². The van der Waals surface area contributed by atoms with E-state index in [1.165, 1.54) is 6.07 Å². The van der Waals surface area contributed by atoms with Crippen LogP contribution in [-0.2, 0) is 16.8 Å². The first kappa shape index (κ1) is 22.4. The molecule has 5 rings (SSSR count). The predicted octanol–water partition coefficient (Wildman–Crippen LogP) is 3.93. The monoisotopic (exact) mass is 451 g/mol. The van der Waals surface area contributed by atoms with Crippen molar-refractivity contribution in [2.24, 2.45) is 5.92 Å². The summed E-state index contributed by atoms with van der Waals surface area (Å²) < 4.78 is 14.1. The van der Waals surface area contributed by atoms with Crippen LogP contribution >= 0.6 is 0 Å². The molecule has 1 saturated carbocycles. The standard InChI is InChI=1S/C27H34FN3O2/c1-29-14-16-30(17-15-29)25-9-6-23(28)19-21(25)18-20-10-13-31(26(20)32)24-7-4-22(5-8-24)27(33)11-2-3-12-27/h4-9,19-20,33H,2-3,10-18H2,1H3/t20-/m1/s1. The van der Waals surface area contributed by atoms with E-state index < -0.39 is 5.60 Å². The Morgan fingerprint density at radius 2 is 1.70 bits per heavy atom. The Hall–Kier alpha value is -2.44. The molecule has 2 saturated heterocycles. The average molecular weight is 452 g/mol. The van der Waals surface area contributed by atoms with Crippen molar-refractivity contribution in [3.63, 3.8) is 0 Å². The number of halogens is 1. The molecule has 0 radical (unpaired) electrons. The van der Waals surface area contributed by atoms with Crippen molar-refractivity contribution < 1.29 is 14.3 Å². The summed E-state index contributed by atoms with van der Waals surface area (Å²) in [6.45, 7) is 4.47. The highest BCUT2D eigenvalue weighted by Crippen LogP contribution is 2.39. The lowest BCUT2D eigenvalue weighted by Crippen LogP contribution is -2.44. The number of hydrogen-bond donors (Lipinski definition) is 1. The minimum absolute atomic E-state index is 0.107. The second kappa shape index (κ2) is 9.07. The number of anilines is 2. The molecule has 0 aromatic heterocycles. The van der Waals surface area contributed by atoms with Crippen LogP contribution in [0, 0.1) is 11.7 Å². The summed E-state index contributed by atoms with van der Waals surface area (Å²) in [5, 5.41) is 10.8. The third kappa shape index (κ3) is 4.51. The van der Waals surface area contributed by atoms with Crippen LogP contribution in [-0.4, -0.2) is 55.7 Å². The molecule has 2 heterocycles. The molecule has 2 aromatic rings. The summed E-state index contributed by atoms with van der Waals surface area (Å²) in [5.74, 6) is -0.279. The summed E-state index contributed by atoms with van der Waals surface area (Å²) in [6, 6.07) is 12.9. The number of carbonyl (C=O) groups excluding carboxylic acids is 1. The number of piperazine rings is 1. The lowest BCUT2D eigenvalue weighted by molar-refractivity contribution is -0.120. The lowest BCUT2D eigenvalue weighted by atomic mass is 9.92. The Kier molecular flexibility index (Phi) is 6.14. The van der Waals surface area contributed by atoms with Crippen LogP contribution in [0.2, 0.25) is 0 Å². The number of nitrogens with zero attached hydrogens (tertiary/aromatic N) is 3. The largest absolute Gasteiger partial charge is 0.385 e. The van der Waals surface area contributed by atoms with Gasteiger partial charge in [0, 0.05) is 50.0 Å². The summed E-state index contributed by atoms with van der Waals surface area (Å²) in [6.07, 6.45) is 5.05. The molecule has 0 unspecified atom stereocenters. The topological polar surface area (TPSA) is 47.0 Å². The highest BCUT2D eigenvalue weighted by molar-refractivity contribution is 5.97. The van der Waals surface area contributed by atoms with Crippen molar-refractivity contribution in [3.05, 3.63) is 59.4 Å². The molecular formula is C27H34FN3O2. The molecule has 1 amide bonds. The first-order valence-electron chi connectivity index (χ1n) is 12.3. The van der Waals surface area contributed by atoms with Crippen molar-refractivity contribution in [3.8, 4) is 0 Å². The highest BCUT2D eigenvalue weighted by Gasteiger charge is 2.35. The van der Waals surface area contributed by atoms with Crippen LogP contribution < -0.4 is 9.80 Å². The van der Waals surface area contributed by atoms with E-state index in [2.05, 4.69) is 16.8 Å². The third-order valence-electron chi connectivity index (χ3n) is 7.82.